The molecule has 1 N–H and O–H groups in total. The normalized spacial score (nSPS) is 11.4. The summed E-state index contributed by atoms with van der Waals surface area (Å²) in [4.78, 5) is 11.0. The van der Waals surface area contributed by atoms with E-state index in [9.17, 15) is 4.79 Å². The second kappa shape index (κ2) is 5.12. The molecule has 0 unspecified atom stereocenters. The minimum atomic E-state index is -0.909. The van der Waals surface area contributed by atoms with Gasteiger partial charge >= 0.3 is 5.97 Å². The van der Waals surface area contributed by atoms with Gasteiger partial charge in [0.15, 0.2) is 0 Å². The van der Waals surface area contributed by atoms with Gasteiger partial charge in [0.1, 0.15) is 0 Å². The van der Waals surface area contributed by atoms with Gasteiger partial charge in [-0.3, -0.25) is 0 Å². The first-order chi connectivity index (χ1) is 7.46. The van der Waals surface area contributed by atoms with E-state index < -0.39 is 5.97 Å². The van der Waals surface area contributed by atoms with E-state index in [0.717, 1.165) is 12.0 Å². The first kappa shape index (κ1) is 12.7. The van der Waals surface area contributed by atoms with Crippen LogP contribution in [0.5, 0.6) is 0 Å². The number of aromatic carboxylic acids is 1. The summed E-state index contributed by atoms with van der Waals surface area (Å²) in [5, 5.41) is 9.00. The highest BCUT2D eigenvalue weighted by Gasteiger charge is 2.17. The van der Waals surface area contributed by atoms with Crippen molar-refractivity contribution in [1.29, 1.82) is 0 Å². The molecule has 0 saturated carbocycles. The van der Waals surface area contributed by atoms with Crippen LogP contribution in [0.1, 0.15) is 43.1 Å². The maximum atomic E-state index is 11.0. The number of carboxylic acid groups (broad SMARTS) is 1. The minimum absolute atomic E-state index is 0.217. The molecule has 3 nitrogen and oxygen atoms in total. The SMILES string of the molecule is CCC(C)(C)OCc1ccccc1C(=O)O. The van der Waals surface area contributed by atoms with Crippen LogP contribution in [0, 0.1) is 0 Å². The van der Waals surface area contributed by atoms with Gasteiger partial charge in [0.05, 0.1) is 17.8 Å². The molecule has 3 heteroatoms. The third-order valence-corrected chi connectivity index (χ3v) is 2.72. The Balaban J connectivity index is 2.78. The molecule has 16 heavy (non-hydrogen) atoms. The van der Waals surface area contributed by atoms with Crippen LogP contribution < -0.4 is 0 Å². The Kier molecular flexibility index (Phi) is 4.07. The van der Waals surface area contributed by atoms with Crippen LogP contribution in [0.15, 0.2) is 24.3 Å². The summed E-state index contributed by atoms with van der Waals surface area (Å²) in [5.41, 5.74) is 0.817. The highest BCUT2D eigenvalue weighted by molar-refractivity contribution is 5.89. The number of carboxylic acids is 1. The lowest BCUT2D eigenvalue weighted by Gasteiger charge is -2.23. The predicted molar refractivity (Wildman–Crippen MR) is 62.6 cm³/mol. The summed E-state index contributed by atoms with van der Waals surface area (Å²) < 4.78 is 5.69. The Morgan fingerprint density at radius 1 is 1.38 bits per heavy atom. The van der Waals surface area contributed by atoms with Crippen LogP contribution in [0.25, 0.3) is 0 Å². The second-order valence-electron chi connectivity index (χ2n) is 4.36. The molecular formula is C13H18O3. The molecule has 1 rings (SSSR count). The van der Waals surface area contributed by atoms with E-state index in [2.05, 4.69) is 0 Å². The smallest absolute Gasteiger partial charge is 0.336 e. The molecule has 0 radical (unpaired) electrons. The molecule has 88 valence electrons. The average Bonchev–Trinajstić information content (AvgIpc) is 2.27. The zero-order valence-corrected chi connectivity index (χ0v) is 9.99. The molecule has 0 aliphatic carbocycles. The van der Waals surface area contributed by atoms with Crippen molar-refractivity contribution in [1.82, 2.24) is 0 Å². The van der Waals surface area contributed by atoms with Crippen LogP contribution in [0.2, 0.25) is 0 Å². The molecular weight excluding hydrogens is 204 g/mol. The van der Waals surface area contributed by atoms with Crippen molar-refractivity contribution in [2.75, 3.05) is 0 Å². The molecule has 0 aromatic heterocycles. The molecule has 0 amide bonds. The van der Waals surface area contributed by atoms with Crippen molar-refractivity contribution in [3.63, 3.8) is 0 Å². The Bertz CT molecular complexity index is 369. The number of rotatable bonds is 5. The van der Waals surface area contributed by atoms with Crippen LogP contribution in [0.4, 0.5) is 0 Å². The van der Waals surface area contributed by atoms with Crippen LogP contribution in [0.3, 0.4) is 0 Å². The predicted octanol–water partition coefficient (Wildman–Crippen LogP) is 3.09. The van der Waals surface area contributed by atoms with Crippen molar-refractivity contribution >= 4 is 5.97 Å². The molecule has 0 heterocycles. The average molecular weight is 222 g/mol. The first-order valence-corrected chi connectivity index (χ1v) is 5.41. The number of hydrogen-bond donors (Lipinski definition) is 1. The number of benzene rings is 1. The third-order valence-electron chi connectivity index (χ3n) is 2.72. The fourth-order valence-electron chi connectivity index (χ4n) is 1.23. The maximum Gasteiger partial charge on any atom is 0.336 e. The first-order valence-electron chi connectivity index (χ1n) is 5.41. The van der Waals surface area contributed by atoms with Gasteiger partial charge < -0.3 is 9.84 Å². The van der Waals surface area contributed by atoms with Crippen molar-refractivity contribution in [3.8, 4) is 0 Å². The summed E-state index contributed by atoms with van der Waals surface area (Å²) in [6, 6.07) is 6.93. The molecule has 0 atom stereocenters. The van der Waals surface area contributed by atoms with Gasteiger partial charge in [-0.15, -0.1) is 0 Å². The van der Waals surface area contributed by atoms with Gasteiger partial charge in [0.2, 0.25) is 0 Å². The van der Waals surface area contributed by atoms with E-state index in [-0.39, 0.29) is 5.60 Å². The van der Waals surface area contributed by atoms with Gasteiger partial charge in [-0.05, 0) is 31.9 Å². The van der Waals surface area contributed by atoms with E-state index in [1.54, 1.807) is 18.2 Å². The molecule has 0 aliphatic rings. The fourth-order valence-corrected chi connectivity index (χ4v) is 1.23. The molecule has 1 aromatic rings. The lowest BCUT2D eigenvalue weighted by molar-refractivity contribution is -0.0319. The van der Waals surface area contributed by atoms with E-state index in [4.69, 9.17) is 9.84 Å². The van der Waals surface area contributed by atoms with Crippen LogP contribution in [-0.2, 0) is 11.3 Å². The summed E-state index contributed by atoms with van der Waals surface area (Å²) in [6.45, 7) is 6.37. The Morgan fingerprint density at radius 2 is 2.00 bits per heavy atom. The molecule has 0 spiro atoms. The van der Waals surface area contributed by atoms with E-state index in [0.29, 0.717) is 12.2 Å². The third kappa shape index (κ3) is 3.35. The topological polar surface area (TPSA) is 46.5 Å². The highest BCUT2D eigenvalue weighted by Crippen LogP contribution is 2.18. The van der Waals surface area contributed by atoms with E-state index in [1.165, 1.54) is 0 Å². The number of carbonyl (C=O) groups is 1. The Labute approximate surface area is 96.1 Å². The quantitative estimate of drug-likeness (QED) is 0.832. The lowest BCUT2D eigenvalue weighted by Crippen LogP contribution is -2.23. The Hall–Kier alpha value is -1.35. The van der Waals surface area contributed by atoms with E-state index in [1.807, 2.05) is 26.8 Å². The van der Waals surface area contributed by atoms with Gasteiger partial charge in [-0.1, -0.05) is 25.1 Å². The monoisotopic (exact) mass is 222 g/mol. The minimum Gasteiger partial charge on any atom is -0.478 e. The second-order valence-corrected chi connectivity index (χ2v) is 4.36. The number of ether oxygens (including phenoxy) is 1. The fraction of sp³-hybridized carbons (Fsp3) is 0.462. The van der Waals surface area contributed by atoms with Gasteiger partial charge in [-0.2, -0.15) is 0 Å². The maximum absolute atomic E-state index is 11.0. The molecule has 1 aromatic carbocycles. The van der Waals surface area contributed by atoms with Gasteiger partial charge in [0.25, 0.3) is 0 Å². The largest absolute Gasteiger partial charge is 0.478 e. The number of hydrogen-bond acceptors (Lipinski definition) is 2. The summed E-state index contributed by atoms with van der Waals surface area (Å²) in [6.07, 6.45) is 0.891. The summed E-state index contributed by atoms with van der Waals surface area (Å²) in [7, 11) is 0. The summed E-state index contributed by atoms with van der Waals surface area (Å²) in [5.74, 6) is -0.909. The van der Waals surface area contributed by atoms with Crippen LogP contribution in [-0.4, -0.2) is 16.7 Å². The Morgan fingerprint density at radius 3 is 2.56 bits per heavy atom. The van der Waals surface area contributed by atoms with Crippen molar-refractivity contribution < 1.29 is 14.6 Å². The zero-order valence-electron chi connectivity index (χ0n) is 9.99. The zero-order chi connectivity index (χ0) is 12.2. The molecule has 0 saturated heterocycles. The van der Waals surface area contributed by atoms with E-state index >= 15 is 0 Å². The van der Waals surface area contributed by atoms with Crippen molar-refractivity contribution in [2.45, 2.75) is 39.4 Å². The summed E-state index contributed by atoms with van der Waals surface area (Å²) >= 11 is 0. The molecule has 0 aliphatic heterocycles. The standard InChI is InChI=1S/C13H18O3/c1-4-13(2,3)16-9-10-7-5-6-8-11(10)12(14)15/h5-8H,4,9H2,1-3H3,(H,14,15). The van der Waals surface area contributed by atoms with Crippen molar-refractivity contribution in [2.24, 2.45) is 0 Å². The molecule has 0 fully saturated rings. The molecule has 0 bridgehead atoms. The van der Waals surface area contributed by atoms with Crippen molar-refractivity contribution in [3.05, 3.63) is 35.4 Å². The lowest BCUT2D eigenvalue weighted by atomic mass is 10.1. The highest BCUT2D eigenvalue weighted by atomic mass is 16.5. The van der Waals surface area contributed by atoms with Crippen LogP contribution >= 0.6 is 0 Å². The van der Waals surface area contributed by atoms with Gasteiger partial charge in [0, 0.05) is 0 Å². The van der Waals surface area contributed by atoms with Gasteiger partial charge in [-0.25, -0.2) is 4.79 Å².